The molecule has 0 bridgehead atoms. The number of hydrogen-bond donors (Lipinski definition) is 5. The number of unbranched alkanes of at least 4 members (excludes halogenated alkanes) is 28. The summed E-state index contributed by atoms with van der Waals surface area (Å²) >= 11 is 6.43. The van der Waals surface area contributed by atoms with Gasteiger partial charge in [-0.25, -0.2) is 0 Å². The number of nitrogens with zero attached hydrogens (tertiary/aromatic N) is 10. The fourth-order valence-electron chi connectivity index (χ4n) is 13.5. The van der Waals surface area contributed by atoms with Gasteiger partial charge in [0.25, 0.3) is 0 Å². The first kappa shape index (κ1) is 83.4. The molecule has 1 saturated heterocycles. The van der Waals surface area contributed by atoms with Gasteiger partial charge in [0.15, 0.2) is 0 Å². The number of anilines is 6. The largest absolute Gasteiger partial charge is 0.494 e. The van der Waals surface area contributed by atoms with Crippen LogP contribution in [0.1, 0.15) is 255 Å². The molecule has 0 atom stereocenters. The van der Waals surface area contributed by atoms with E-state index < -0.39 is 10.8 Å². The first-order chi connectivity index (χ1) is 52.0. The molecular weight excluding hydrogens is 1350 g/mol. The highest BCUT2D eigenvalue weighted by Crippen LogP contribution is 2.39. The molecule has 4 heterocycles. The summed E-state index contributed by atoms with van der Waals surface area (Å²) in [7, 11) is 0. The lowest BCUT2D eigenvalue weighted by molar-refractivity contribution is 0.122. The third-order valence-electron chi connectivity index (χ3n) is 19.9. The zero-order chi connectivity index (χ0) is 74.5. The van der Waals surface area contributed by atoms with Crippen LogP contribution >= 0.6 is 11.6 Å². The van der Waals surface area contributed by atoms with Crippen molar-refractivity contribution < 1.29 is 33.2 Å². The minimum absolute atomic E-state index is 0.00642. The van der Waals surface area contributed by atoms with Crippen LogP contribution in [0, 0.1) is 0 Å². The van der Waals surface area contributed by atoms with Crippen molar-refractivity contribution in [3.63, 3.8) is 0 Å². The van der Waals surface area contributed by atoms with Gasteiger partial charge in [-0.15, -0.1) is 0 Å². The molecule has 0 saturated carbocycles. The van der Waals surface area contributed by atoms with E-state index in [1.54, 1.807) is 0 Å². The Labute approximate surface area is 637 Å². The maximum absolute atomic E-state index is 6.93. The predicted molar refractivity (Wildman–Crippen MR) is 428 cm³/mol. The number of morpholine rings is 1. The second-order valence-electron chi connectivity index (χ2n) is 28.3. The van der Waals surface area contributed by atoms with Crippen molar-refractivity contribution in [2.75, 3.05) is 112 Å². The first-order valence-corrected chi connectivity index (χ1v) is 40.6. The lowest BCUT2D eigenvalue weighted by Gasteiger charge is -2.35. The van der Waals surface area contributed by atoms with Crippen molar-refractivity contribution in [3.8, 4) is 35.0 Å². The topological polar surface area (TPSA) is 286 Å². The van der Waals surface area contributed by atoms with Gasteiger partial charge in [-0.2, -0.15) is 44.9 Å². The third kappa shape index (κ3) is 29.1. The summed E-state index contributed by atoms with van der Waals surface area (Å²) in [5, 5.41) is 6.99. The summed E-state index contributed by atoms with van der Waals surface area (Å²) in [4.78, 5) is 43.1. The first-order valence-electron chi connectivity index (χ1n) is 40.2. The molecule has 0 radical (unpaired) electrons. The maximum atomic E-state index is 6.93. The normalized spacial score (nSPS) is 12.5. The number of nitrogen functional groups attached to an aromatic ring is 3. The smallest absolute Gasteiger partial charge is 0.323 e. The fraction of sp³-hybridized carbons (Fsp3) is 0.602. The summed E-state index contributed by atoms with van der Waals surface area (Å²) in [5.41, 5.74) is 20.8. The van der Waals surface area contributed by atoms with E-state index in [9.17, 15) is 0 Å². The van der Waals surface area contributed by atoms with Gasteiger partial charge in [-0.1, -0.05) is 256 Å². The molecule has 0 amide bonds. The minimum Gasteiger partial charge on any atom is -0.494 e. The SMILES string of the molecule is CCCCCCCCCCOc1ccc(C(CNc2nc(N)nc(Cl)n2)(COc2nc(N)nc(NCC(COc3nc(N)nc(N4CCOCC4)n3)(c3ccc(OCCCCCCCCCC)cc3)c3ccc(OCCCCCCCCCC)cc3)n2)c2ccc(OCCCCCCCCCC)cc2)cc1. The molecule has 8 rings (SSSR count). The monoisotopic (exact) mass is 1480 g/mol. The minimum atomic E-state index is -1.04. The van der Waals surface area contributed by atoms with Crippen LogP contribution in [0.3, 0.4) is 0 Å². The van der Waals surface area contributed by atoms with E-state index in [1.807, 2.05) is 53.4 Å². The Bertz CT molecular complexity index is 3350. The molecule has 8 N–H and O–H groups in total. The Kier molecular flexibility index (Phi) is 37.9. The van der Waals surface area contributed by atoms with Crippen LogP contribution in [0.4, 0.5) is 35.7 Å². The van der Waals surface area contributed by atoms with Crippen molar-refractivity contribution in [1.29, 1.82) is 0 Å². The summed E-state index contributed by atoms with van der Waals surface area (Å²) in [6, 6.07) is 32.7. The van der Waals surface area contributed by atoms with Crippen LogP contribution in [-0.4, -0.2) is 124 Å². The highest BCUT2D eigenvalue weighted by molar-refractivity contribution is 6.28. The van der Waals surface area contributed by atoms with E-state index in [0.29, 0.717) is 58.7 Å². The molecule has 22 nitrogen and oxygen atoms in total. The summed E-state index contributed by atoms with van der Waals surface area (Å²) in [6.45, 7) is 14.0. The van der Waals surface area contributed by atoms with Crippen molar-refractivity contribution in [1.82, 2.24) is 44.9 Å². The second kappa shape index (κ2) is 48.1. The van der Waals surface area contributed by atoms with Crippen molar-refractivity contribution >= 4 is 47.3 Å². The molecule has 1 aliphatic heterocycles. The average molecular weight is 1480 g/mol. The number of halogens is 1. The Morgan fingerprint density at radius 1 is 0.349 bits per heavy atom. The highest BCUT2D eigenvalue weighted by Gasteiger charge is 2.39. The summed E-state index contributed by atoms with van der Waals surface area (Å²) in [5.74, 6) is 3.69. The Morgan fingerprint density at radius 2 is 0.642 bits per heavy atom. The molecule has 106 heavy (non-hydrogen) atoms. The Hall–Kier alpha value is -8.24. The quantitative estimate of drug-likeness (QED) is 0.0221. The van der Waals surface area contributed by atoms with Crippen LogP contribution in [0.25, 0.3) is 0 Å². The Morgan fingerprint density at radius 3 is 0.972 bits per heavy atom. The number of benzene rings is 4. The van der Waals surface area contributed by atoms with Crippen molar-refractivity contribution in [2.45, 2.75) is 244 Å². The molecule has 7 aromatic rings. The maximum Gasteiger partial charge on any atom is 0.323 e. The molecule has 1 fully saturated rings. The molecule has 0 spiro atoms. The van der Waals surface area contributed by atoms with E-state index in [0.717, 1.165) is 96.6 Å². The zero-order valence-corrected chi connectivity index (χ0v) is 65.0. The molecule has 0 aliphatic carbocycles. The summed E-state index contributed by atoms with van der Waals surface area (Å²) < 4.78 is 45.0. The van der Waals surface area contributed by atoms with Crippen LogP contribution < -0.4 is 61.2 Å². The van der Waals surface area contributed by atoms with Gasteiger partial charge < -0.3 is 65.9 Å². The molecular formula is C83H124ClN15O7. The van der Waals surface area contributed by atoms with E-state index in [1.165, 1.54) is 154 Å². The number of hydrogen-bond acceptors (Lipinski definition) is 22. The number of aromatic nitrogens is 9. The van der Waals surface area contributed by atoms with Gasteiger partial charge in [0.05, 0.1) is 50.5 Å². The molecule has 4 aromatic carbocycles. The second-order valence-corrected chi connectivity index (χ2v) is 28.6. The van der Waals surface area contributed by atoms with E-state index in [-0.39, 0.29) is 73.3 Å². The standard InChI is InChI=1S/C83H124ClN15O7/c1-5-9-13-17-21-25-29-33-55-101-69-45-37-65(38-46-69)82(61-88-77-91-73(84)90-74(85)92-77,66-39-47-70(48-40-66)102-56-34-30-26-22-18-14-10-6-2)63-105-80-95-75(86)93-78(97-80)89-62-83(64-106-81-96-76(87)94-79(98-81)99-53-59-100-60-54-99,67-41-49-71(50-42-67)103-57-35-31-27-23-19-15-11-7-3)68-43-51-72(52-44-68)104-58-36-32-28-24-20-16-12-8-4/h37-52H,5-36,53-64H2,1-4H3,(H2,87,94,96,98)(H3,85,88,90,91,92)(H3,86,89,93,95,97). The number of nitrogens with two attached hydrogens (primary N) is 3. The van der Waals surface area contributed by atoms with Gasteiger partial charge in [-0.05, 0) is 108 Å². The number of nitrogens with one attached hydrogen (secondary N) is 2. The van der Waals surface area contributed by atoms with Gasteiger partial charge >= 0.3 is 12.0 Å². The highest BCUT2D eigenvalue weighted by atomic mass is 35.5. The van der Waals surface area contributed by atoms with Gasteiger partial charge in [0, 0.05) is 26.2 Å². The molecule has 0 unspecified atom stereocenters. The predicted octanol–water partition coefficient (Wildman–Crippen LogP) is 18.5. The van der Waals surface area contributed by atoms with E-state index in [4.69, 9.17) is 76.9 Å². The third-order valence-corrected chi connectivity index (χ3v) is 20.0. The number of ether oxygens (including phenoxy) is 7. The summed E-state index contributed by atoms with van der Waals surface area (Å²) in [6.07, 6.45) is 38.7. The molecule has 3 aromatic heterocycles. The molecule has 23 heteroatoms. The molecule has 1 aliphatic rings. The lowest BCUT2D eigenvalue weighted by Crippen LogP contribution is -2.42. The average Bonchev–Trinajstić information content (AvgIpc) is 0.777. The molecule has 580 valence electrons. The fourth-order valence-corrected chi connectivity index (χ4v) is 13.7. The number of rotatable bonds is 57. The van der Waals surface area contributed by atoms with Crippen LogP contribution in [0.5, 0.6) is 35.0 Å². The van der Waals surface area contributed by atoms with Crippen molar-refractivity contribution in [2.24, 2.45) is 0 Å². The zero-order valence-electron chi connectivity index (χ0n) is 64.3. The van der Waals surface area contributed by atoms with E-state index >= 15 is 0 Å². The van der Waals surface area contributed by atoms with Gasteiger partial charge in [-0.3, -0.25) is 0 Å². The van der Waals surface area contributed by atoms with Crippen LogP contribution in [-0.2, 0) is 15.6 Å². The lowest BCUT2D eigenvalue weighted by atomic mass is 9.74. The van der Waals surface area contributed by atoms with Crippen LogP contribution in [0.15, 0.2) is 97.1 Å². The van der Waals surface area contributed by atoms with Crippen LogP contribution in [0.2, 0.25) is 5.28 Å². The Balaban J connectivity index is 1.11. The van der Waals surface area contributed by atoms with E-state index in [2.05, 4.69) is 117 Å². The van der Waals surface area contributed by atoms with Crippen molar-refractivity contribution in [3.05, 3.63) is 125 Å². The van der Waals surface area contributed by atoms with Gasteiger partial charge in [0.1, 0.15) is 36.2 Å². The van der Waals surface area contributed by atoms with Gasteiger partial charge in [0.2, 0.25) is 41.0 Å².